The highest BCUT2D eigenvalue weighted by Crippen LogP contribution is 2.20. The van der Waals surface area contributed by atoms with Gasteiger partial charge in [0.25, 0.3) is 0 Å². The van der Waals surface area contributed by atoms with Gasteiger partial charge in [-0.25, -0.2) is 0 Å². The third-order valence-electron chi connectivity index (χ3n) is 4.69. The van der Waals surface area contributed by atoms with Gasteiger partial charge in [-0.3, -0.25) is 4.79 Å². The number of hydrogen-bond donors (Lipinski definition) is 2. The number of benzene rings is 1. The molecule has 3 N–H and O–H groups in total. The van der Waals surface area contributed by atoms with Crippen LogP contribution in [-0.2, 0) is 9.53 Å². The van der Waals surface area contributed by atoms with Gasteiger partial charge in [0.05, 0.1) is 18.6 Å². The highest BCUT2D eigenvalue weighted by molar-refractivity contribution is 5.79. The van der Waals surface area contributed by atoms with E-state index in [1.54, 1.807) is 0 Å². The number of rotatable bonds is 7. The molecule has 0 spiro atoms. The van der Waals surface area contributed by atoms with Crippen LogP contribution in [0.3, 0.4) is 0 Å². The summed E-state index contributed by atoms with van der Waals surface area (Å²) in [6.45, 7) is 3.02. The molecular formula is C19H30N2O2. The summed E-state index contributed by atoms with van der Waals surface area (Å²) in [6.07, 6.45) is 7.86. The summed E-state index contributed by atoms with van der Waals surface area (Å²) in [4.78, 5) is 12.2. The molecule has 1 fully saturated rings. The summed E-state index contributed by atoms with van der Waals surface area (Å²) in [5.41, 5.74) is 7.18. The van der Waals surface area contributed by atoms with E-state index in [0.717, 1.165) is 18.4 Å². The first-order valence-electron chi connectivity index (χ1n) is 8.88. The quantitative estimate of drug-likeness (QED) is 0.599. The molecule has 0 heterocycles. The van der Waals surface area contributed by atoms with Crippen molar-refractivity contribution in [3.63, 3.8) is 0 Å². The molecule has 0 radical (unpaired) electrons. The highest BCUT2D eigenvalue weighted by Gasteiger charge is 2.21. The zero-order valence-corrected chi connectivity index (χ0v) is 14.2. The average molecular weight is 318 g/mol. The fourth-order valence-electron chi connectivity index (χ4n) is 3.10. The second kappa shape index (κ2) is 9.68. The summed E-state index contributed by atoms with van der Waals surface area (Å²) in [6, 6.07) is 9.48. The number of amides is 1. The average Bonchev–Trinajstić information content (AvgIpc) is 2.86. The molecule has 0 aromatic heterocycles. The van der Waals surface area contributed by atoms with Crippen molar-refractivity contribution in [2.75, 3.05) is 13.2 Å². The normalized spacial score (nSPS) is 18.9. The van der Waals surface area contributed by atoms with Crippen molar-refractivity contribution in [1.82, 2.24) is 5.32 Å². The third kappa shape index (κ3) is 5.96. The van der Waals surface area contributed by atoms with E-state index in [1.807, 2.05) is 37.3 Å². The predicted octanol–water partition coefficient (Wildman–Crippen LogP) is 3.18. The Kier molecular flexibility index (Phi) is 7.56. The minimum absolute atomic E-state index is 0.00850. The summed E-state index contributed by atoms with van der Waals surface area (Å²) in [7, 11) is 0. The van der Waals surface area contributed by atoms with Crippen LogP contribution in [0.4, 0.5) is 0 Å². The van der Waals surface area contributed by atoms with Crippen molar-refractivity contribution < 1.29 is 9.53 Å². The molecule has 23 heavy (non-hydrogen) atoms. The first-order valence-corrected chi connectivity index (χ1v) is 8.88. The molecule has 0 aliphatic heterocycles. The number of nitrogens with two attached hydrogens (primary N) is 1. The van der Waals surface area contributed by atoms with E-state index in [9.17, 15) is 4.79 Å². The summed E-state index contributed by atoms with van der Waals surface area (Å²) in [5, 5.41) is 2.94. The molecule has 1 aliphatic rings. The van der Waals surface area contributed by atoms with E-state index in [0.29, 0.717) is 19.3 Å². The van der Waals surface area contributed by atoms with Crippen LogP contribution >= 0.6 is 0 Å². The van der Waals surface area contributed by atoms with Gasteiger partial charge >= 0.3 is 0 Å². The van der Waals surface area contributed by atoms with Crippen LogP contribution in [0, 0.1) is 5.92 Å². The first-order chi connectivity index (χ1) is 11.2. The lowest BCUT2D eigenvalue weighted by molar-refractivity contribution is -0.125. The Labute approximate surface area is 139 Å². The molecule has 1 saturated carbocycles. The predicted molar refractivity (Wildman–Crippen MR) is 93.0 cm³/mol. The summed E-state index contributed by atoms with van der Waals surface area (Å²) < 4.78 is 5.89. The number of nitrogens with one attached hydrogen (secondary N) is 1. The largest absolute Gasteiger partial charge is 0.376 e. The van der Waals surface area contributed by atoms with Gasteiger partial charge in [0, 0.05) is 12.6 Å². The molecule has 0 saturated heterocycles. The van der Waals surface area contributed by atoms with Crippen molar-refractivity contribution in [2.24, 2.45) is 11.7 Å². The third-order valence-corrected chi connectivity index (χ3v) is 4.69. The van der Waals surface area contributed by atoms with E-state index in [2.05, 4.69) is 5.32 Å². The van der Waals surface area contributed by atoms with Gasteiger partial charge in [-0.05, 0) is 18.4 Å². The molecule has 2 rings (SSSR count). The molecule has 1 aromatic carbocycles. The number of carbonyl (C=O) groups excluding carboxylic acids is 1. The molecule has 2 atom stereocenters. The molecule has 128 valence electrons. The Morgan fingerprint density at radius 1 is 1.22 bits per heavy atom. The number of carbonyl (C=O) groups is 1. The van der Waals surface area contributed by atoms with Crippen LogP contribution in [0.25, 0.3) is 0 Å². The fourth-order valence-corrected chi connectivity index (χ4v) is 3.10. The molecule has 2 unspecified atom stereocenters. The molecule has 0 bridgehead atoms. The minimum Gasteiger partial charge on any atom is -0.376 e. The maximum absolute atomic E-state index is 12.2. The van der Waals surface area contributed by atoms with Crippen LogP contribution < -0.4 is 11.1 Å². The Balaban J connectivity index is 1.67. The molecule has 1 aliphatic carbocycles. The fraction of sp³-hybridized carbons (Fsp3) is 0.632. The Bertz CT molecular complexity index is 456. The molecule has 4 heteroatoms. The van der Waals surface area contributed by atoms with Crippen molar-refractivity contribution in [3.8, 4) is 0 Å². The van der Waals surface area contributed by atoms with Gasteiger partial charge in [0.15, 0.2) is 0 Å². The van der Waals surface area contributed by atoms with Crippen LogP contribution in [0.1, 0.15) is 57.1 Å². The van der Waals surface area contributed by atoms with Gasteiger partial charge in [-0.15, -0.1) is 0 Å². The van der Waals surface area contributed by atoms with Gasteiger partial charge < -0.3 is 15.8 Å². The Hall–Kier alpha value is -1.39. The van der Waals surface area contributed by atoms with E-state index in [-0.39, 0.29) is 17.9 Å². The zero-order chi connectivity index (χ0) is 16.5. The topological polar surface area (TPSA) is 64.3 Å². The maximum Gasteiger partial charge on any atom is 0.224 e. The van der Waals surface area contributed by atoms with E-state index < -0.39 is 0 Å². The van der Waals surface area contributed by atoms with Crippen LogP contribution in [0.2, 0.25) is 0 Å². The van der Waals surface area contributed by atoms with Gasteiger partial charge in [-0.1, -0.05) is 62.9 Å². The molecule has 1 aromatic rings. The van der Waals surface area contributed by atoms with E-state index >= 15 is 0 Å². The molecule has 1 amide bonds. The Morgan fingerprint density at radius 2 is 1.87 bits per heavy atom. The summed E-state index contributed by atoms with van der Waals surface area (Å²) >= 11 is 0. The van der Waals surface area contributed by atoms with Crippen LogP contribution in [0.15, 0.2) is 30.3 Å². The van der Waals surface area contributed by atoms with Crippen LogP contribution in [0.5, 0.6) is 0 Å². The standard InChI is InChI=1S/C19H30N2O2/c1-15(18(20)16-9-5-4-6-10-16)19(22)21-13-14-23-17-11-7-2-3-8-12-17/h4-6,9-10,15,17-18H,2-3,7-8,11-14,20H2,1H3,(H,21,22). The summed E-state index contributed by atoms with van der Waals surface area (Å²) in [5.74, 6) is -0.263. The van der Waals surface area contributed by atoms with Gasteiger partial charge in [0.2, 0.25) is 5.91 Å². The minimum atomic E-state index is -0.279. The van der Waals surface area contributed by atoms with Crippen molar-refractivity contribution >= 4 is 5.91 Å². The SMILES string of the molecule is CC(C(=O)NCCOC1CCCCCC1)C(N)c1ccccc1. The first kappa shape index (κ1) is 18.0. The molecular weight excluding hydrogens is 288 g/mol. The molecule has 4 nitrogen and oxygen atoms in total. The lowest BCUT2D eigenvalue weighted by Gasteiger charge is -2.20. The number of hydrogen-bond acceptors (Lipinski definition) is 3. The number of ether oxygens (including phenoxy) is 1. The zero-order valence-electron chi connectivity index (χ0n) is 14.2. The smallest absolute Gasteiger partial charge is 0.224 e. The lowest BCUT2D eigenvalue weighted by atomic mass is 9.95. The van der Waals surface area contributed by atoms with E-state index in [4.69, 9.17) is 10.5 Å². The second-order valence-corrected chi connectivity index (χ2v) is 6.50. The Morgan fingerprint density at radius 3 is 2.52 bits per heavy atom. The highest BCUT2D eigenvalue weighted by atomic mass is 16.5. The second-order valence-electron chi connectivity index (χ2n) is 6.50. The monoisotopic (exact) mass is 318 g/mol. The van der Waals surface area contributed by atoms with Crippen molar-refractivity contribution in [1.29, 1.82) is 0 Å². The van der Waals surface area contributed by atoms with Crippen molar-refractivity contribution in [3.05, 3.63) is 35.9 Å². The van der Waals surface area contributed by atoms with Gasteiger partial charge in [-0.2, -0.15) is 0 Å². The van der Waals surface area contributed by atoms with Crippen molar-refractivity contribution in [2.45, 2.75) is 57.6 Å². The lowest BCUT2D eigenvalue weighted by Crippen LogP contribution is -2.37. The van der Waals surface area contributed by atoms with Crippen LogP contribution in [-0.4, -0.2) is 25.2 Å². The van der Waals surface area contributed by atoms with E-state index in [1.165, 1.54) is 25.7 Å². The van der Waals surface area contributed by atoms with Gasteiger partial charge in [0.1, 0.15) is 0 Å². The maximum atomic E-state index is 12.2.